The number of nitrogens with zero attached hydrogens (tertiary/aromatic N) is 3. The summed E-state index contributed by atoms with van der Waals surface area (Å²) in [4.78, 5) is 8.19. The van der Waals surface area contributed by atoms with Crippen LogP contribution in [0.15, 0.2) is 49.1 Å². The lowest BCUT2D eigenvalue weighted by Crippen LogP contribution is -1.92. The predicted octanol–water partition coefficient (Wildman–Crippen LogP) is 2.56. The van der Waals surface area contributed by atoms with E-state index < -0.39 is 0 Å². The van der Waals surface area contributed by atoms with Gasteiger partial charge in [0.15, 0.2) is 0 Å². The summed E-state index contributed by atoms with van der Waals surface area (Å²) in [6, 6.07) is 8.27. The van der Waals surface area contributed by atoms with Crippen molar-refractivity contribution in [3.05, 3.63) is 54.9 Å². The molecule has 16 heavy (non-hydrogen) atoms. The number of fused-ring (bicyclic) bond motifs is 1. The Morgan fingerprint density at radius 2 is 2.12 bits per heavy atom. The molecule has 0 aliphatic heterocycles. The Morgan fingerprint density at radius 1 is 1.19 bits per heavy atom. The Labute approximate surface area is 91.2 Å². The first kappa shape index (κ1) is 9.03. The van der Waals surface area contributed by atoms with Crippen molar-refractivity contribution in [2.45, 2.75) is 0 Å². The van der Waals surface area contributed by atoms with Crippen molar-refractivity contribution in [1.82, 2.24) is 14.5 Å². The highest BCUT2D eigenvalue weighted by molar-refractivity contribution is 5.75. The Bertz CT molecular complexity index is 645. The summed E-state index contributed by atoms with van der Waals surface area (Å²) in [7, 11) is 0. The number of halogens is 1. The van der Waals surface area contributed by atoms with Gasteiger partial charge in [-0.05, 0) is 24.3 Å². The van der Waals surface area contributed by atoms with Gasteiger partial charge < -0.3 is 0 Å². The third kappa shape index (κ3) is 1.35. The Hall–Kier alpha value is -2.23. The van der Waals surface area contributed by atoms with Gasteiger partial charge in [-0.2, -0.15) is 0 Å². The van der Waals surface area contributed by atoms with E-state index in [4.69, 9.17) is 0 Å². The largest absolute Gasteiger partial charge is 0.299 e. The summed E-state index contributed by atoms with van der Waals surface area (Å²) >= 11 is 0. The molecule has 0 atom stereocenters. The van der Waals surface area contributed by atoms with Crippen LogP contribution < -0.4 is 0 Å². The van der Waals surface area contributed by atoms with Crippen molar-refractivity contribution in [2.75, 3.05) is 0 Å². The number of benzene rings is 1. The minimum atomic E-state index is -0.256. The summed E-state index contributed by atoms with van der Waals surface area (Å²) in [6.07, 6.45) is 5.05. The molecule has 0 saturated carbocycles. The maximum Gasteiger partial charge on any atom is 0.125 e. The Morgan fingerprint density at radius 3 is 3.00 bits per heavy atom. The van der Waals surface area contributed by atoms with Crippen molar-refractivity contribution in [3.8, 4) is 5.69 Å². The maximum atomic E-state index is 13.1. The second kappa shape index (κ2) is 3.41. The molecule has 3 aromatic rings. The van der Waals surface area contributed by atoms with Crippen molar-refractivity contribution >= 4 is 11.0 Å². The molecule has 0 aliphatic rings. The smallest absolute Gasteiger partial charge is 0.125 e. The first-order chi connectivity index (χ1) is 7.84. The minimum absolute atomic E-state index is 0.256. The van der Waals surface area contributed by atoms with E-state index in [0.717, 1.165) is 16.7 Å². The van der Waals surface area contributed by atoms with E-state index in [1.54, 1.807) is 24.8 Å². The first-order valence-electron chi connectivity index (χ1n) is 4.87. The normalized spacial score (nSPS) is 10.8. The molecule has 0 N–H and O–H groups in total. The molecule has 78 valence electrons. The fourth-order valence-electron chi connectivity index (χ4n) is 1.70. The molecule has 3 nitrogen and oxygen atoms in total. The lowest BCUT2D eigenvalue weighted by Gasteiger charge is -2.03. The van der Waals surface area contributed by atoms with Crippen LogP contribution in [0.4, 0.5) is 4.39 Å². The van der Waals surface area contributed by atoms with Gasteiger partial charge in [0.1, 0.15) is 17.7 Å². The Balaban J connectivity index is 2.26. The molecule has 0 radical (unpaired) electrons. The van der Waals surface area contributed by atoms with Crippen LogP contribution in [0.25, 0.3) is 16.7 Å². The molecule has 0 aliphatic carbocycles. The van der Waals surface area contributed by atoms with E-state index in [0.29, 0.717) is 0 Å². The highest BCUT2D eigenvalue weighted by Gasteiger charge is 2.04. The summed E-state index contributed by atoms with van der Waals surface area (Å²) in [6.45, 7) is 0. The van der Waals surface area contributed by atoms with Crippen molar-refractivity contribution < 1.29 is 4.39 Å². The SMILES string of the molecule is Fc1cccc(-n2cnc3cnccc32)c1. The summed E-state index contributed by atoms with van der Waals surface area (Å²) < 4.78 is 14.9. The number of hydrogen-bond donors (Lipinski definition) is 0. The van der Waals surface area contributed by atoms with Crippen LogP contribution in [0.2, 0.25) is 0 Å². The zero-order chi connectivity index (χ0) is 11.0. The monoisotopic (exact) mass is 213 g/mol. The molecule has 1 aromatic carbocycles. The third-order valence-electron chi connectivity index (χ3n) is 2.44. The van der Waals surface area contributed by atoms with E-state index in [1.165, 1.54) is 12.1 Å². The van der Waals surface area contributed by atoms with Crippen LogP contribution in [-0.4, -0.2) is 14.5 Å². The molecular weight excluding hydrogens is 205 g/mol. The predicted molar refractivity (Wildman–Crippen MR) is 58.8 cm³/mol. The zero-order valence-corrected chi connectivity index (χ0v) is 8.34. The standard InChI is InChI=1S/C12H8FN3/c13-9-2-1-3-10(6-9)16-8-15-11-7-14-5-4-12(11)16/h1-8H. The molecule has 4 heteroatoms. The maximum absolute atomic E-state index is 13.1. The van der Waals surface area contributed by atoms with Crippen LogP contribution in [0.3, 0.4) is 0 Å². The van der Waals surface area contributed by atoms with E-state index in [-0.39, 0.29) is 5.82 Å². The van der Waals surface area contributed by atoms with E-state index >= 15 is 0 Å². The van der Waals surface area contributed by atoms with Gasteiger partial charge in [0.2, 0.25) is 0 Å². The third-order valence-corrected chi connectivity index (χ3v) is 2.44. The van der Waals surface area contributed by atoms with E-state index in [9.17, 15) is 4.39 Å². The van der Waals surface area contributed by atoms with Gasteiger partial charge in [-0.1, -0.05) is 6.07 Å². The zero-order valence-electron chi connectivity index (χ0n) is 8.34. The van der Waals surface area contributed by atoms with Gasteiger partial charge in [-0.25, -0.2) is 9.37 Å². The van der Waals surface area contributed by atoms with Gasteiger partial charge >= 0.3 is 0 Å². The topological polar surface area (TPSA) is 30.7 Å². The first-order valence-corrected chi connectivity index (χ1v) is 4.87. The number of pyridine rings is 1. The molecule has 3 rings (SSSR count). The van der Waals surface area contributed by atoms with E-state index in [1.807, 2.05) is 16.7 Å². The summed E-state index contributed by atoms with van der Waals surface area (Å²) in [5.41, 5.74) is 2.47. The highest BCUT2D eigenvalue weighted by atomic mass is 19.1. The fraction of sp³-hybridized carbons (Fsp3) is 0. The van der Waals surface area contributed by atoms with Crippen LogP contribution in [-0.2, 0) is 0 Å². The quantitative estimate of drug-likeness (QED) is 0.622. The van der Waals surface area contributed by atoms with Crippen molar-refractivity contribution in [3.63, 3.8) is 0 Å². The fourth-order valence-corrected chi connectivity index (χ4v) is 1.70. The lowest BCUT2D eigenvalue weighted by atomic mass is 10.3. The van der Waals surface area contributed by atoms with Crippen molar-refractivity contribution in [2.24, 2.45) is 0 Å². The highest BCUT2D eigenvalue weighted by Crippen LogP contribution is 2.17. The van der Waals surface area contributed by atoms with Crippen LogP contribution in [0.1, 0.15) is 0 Å². The lowest BCUT2D eigenvalue weighted by molar-refractivity contribution is 0.627. The second-order valence-corrected chi connectivity index (χ2v) is 3.46. The number of aromatic nitrogens is 3. The van der Waals surface area contributed by atoms with Gasteiger partial charge in [0.05, 0.1) is 17.4 Å². The number of imidazole rings is 1. The molecule has 0 spiro atoms. The molecule has 2 aromatic heterocycles. The minimum Gasteiger partial charge on any atom is -0.299 e. The van der Waals surface area contributed by atoms with Crippen LogP contribution in [0, 0.1) is 5.82 Å². The Kier molecular flexibility index (Phi) is 1.93. The van der Waals surface area contributed by atoms with Gasteiger partial charge in [0.25, 0.3) is 0 Å². The average Bonchev–Trinajstić information content (AvgIpc) is 2.72. The molecule has 0 amide bonds. The van der Waals surface area contributed by atoms with Crippen LogP contribution in [0.5, 0.6) is 0 Å². The molecule has 0 unspecified atom stereocenters. The van der Waals surface area contributed by atoms with E-state index in [2.05, 4.69) is 9.97 Å². The molecule has 0 fully saturated rings. The number of rotatable bonds is 1. The number of hydrogen-bond acceptors (Lipinski definition) is 2. The van der Waals surface area contributed by atoms with Gasteiger partial charge in [0, 0.05) is 6.20 Å². The summed E-state index contributed by atoms with van der Waals surface area (Å²) in [5.74, 6) is -0.256. The van der Waals surface area contributed by atoms with Crippen molar-refractivity contribution in [1.29, 1.82) is 0 Å². The summed E-state index contributed by atoms with van der Waals surface area (Å²) in [5, 5.41) is 0. The molecule has 2 heterocycles. The van der Waals surface area contributed by atoms with Crippen LogP contribution >= 0.6 is 0 Å². The average molecular weight is 213 g/mol. The molecule has 0 bridgehead atoms. The molecule has 0 saturated heterocycles. The van der Waals surface area contributed by atoms with Gasteiger partial charge in [-0.15, -0.1) is 0 Å². The second-order valence-electron chi connectivity index (χ2n) is 3.46. The van der Waals surface area contributed by atoms with Gasteiger partial charge in [-0.3, -0.25) is 9.55 Å². The molecular formula is C12H8FN3.